The van der Waals surface area contributed by atoms with Gasteiger partial charge in [-0.2, -0.15) is 0 Å². The van der Waals surface area contributed by atoms with Gasteiger partial charge in [0.25, 0.3) is 0 Å². The lowest BCUT2D eigenvalue weighted by atomic mass is 10.0. The quantitative estimate of drug-likeness (QED) is 0.300. The summed E-state index contributed by atoms with van der Waals surface area (Å²) in [6.07, 6.45) is 1.98. The normalized spacial score (nSPS) is 17.1. The first-order valence-electron chi connectivity index (χ1n) is 11.5. The van der Waals surface area contributed by atoms with E-state index in [1.165, 1.54) is 16.7 Å². The van der Waals surface area contributed by atoms with E-state index in [1.807, 2.05) is 0 Å². The molecule has 2 aromatic rings. The van der Waals surface area contributed by atoms with Crippen LogP contribution in [0.3, 0.4) is 0 Å². The summed E-state index contributed by atoms with van der Waals surface area (Å²) in [5.41, 5.74) is 3.97. The van der Waals surface area contributed by atoms with Crippen molar-refractivity contribution in [2.45, 2.75) is 25.8 Å². The van der Waals surface area contributed by atoms with Crippen LogP contribution in [0.25, 0.3) is 0 Å². The molecule has 2 aliphatic rings. The molecule has 1 fully saturated rings. The molecular formula is C25H35IN4O2. The van der Waals surface area contributed by atoms with Crippen LogP contribution in [0.4, 0.5) is 0 Å². The van der Waals surface area contributed by atoms with E-state index >= 15 is 0 Å². The number of halogens is 1. The maximum absolute atomic E-state index is 5.61. The van der Waals surface area contributed by atoms with E-state index in [2.05, 4.69) is 71.0 Å². The van der Waals surface area contributed by atoms with Crippen molar-refractivity contribution in [1.82, 2.24) is 15.5 Å². The lowest BCUT2D eigenvalue weighted by Gasteiger charge is -2.34. The third kappa shape index (κ3) is 6.83. The molecule has 0 saturated carbocycles. The van der Waals surface area contributed by atoms with Crippen LogP contribution >= 0.6 is 24.0 Å². The zero-order chi connectivity index (χ0) is 21.3. The van der Waals surface area contributed by atoms with Crippen molar-refractivity contribution in [3.05, 3.63) is 65.2 Å². The molecule has 0 spiro atoms. The number of aliphatic imine (C=N–C) groups is 1. The van der Waals surface area contributed by atoms with Gasteiger partial charge in [0.15, 0.2) is 5.96 Å². The minimum absolute atomic E-state index is 0. The van der Waals surface area contributed by atoms with Gasteiger partial charge in [-0.05, 0) is 36.1 Å². The van der Waals surface area contributed by atoms with Gasteiger partial charge in [-0.25, -0.2) is 0 Å². The third-order valence-electron chi connectivity index (χ3n) is 5.90. The second-order valence-electron chi connectivity index (χ2n) is 8.01. The summed E-state index contributed by atoms with van der Waals surface area (Å²) in [4.78, 5) is 7.43. The molecule has 1 saturated heterocycles. The first-order chi connectivity index (χ1) is 15.3. The topological polar surface area (TPSA) is 58.1 Å². The van der Waals surface area contributed by atoms with E-state index < -0.39 is 0 Å². The van der Waals surface area contributed by atoms with Crippen LogP contribution in [0.1, 0.15) is 29.7 Å². The minimum atomic E-state index is 0. The van der Waals surface area contributed by atoms with Crippen molar-refractivity contribution in [3.8, 4) is 5.75 Å². The molecule has 32 heavy (non-hydrogen) atoms. The number of rotatable bonds is 8. The van der Waals surface area contributed by atoms with E-state index in [0.29, 0.717) is 0 Å². The number of fused-ring (bicyclic) bond motifs is 1. The van der Waals surface area contributed by atoms with Crippen LogP contribution < -0.4 is 15.4 Å². The largest absolute Gasteiger partial charge is 0.493 e. The van der Waals surface area contributed by atoms with Crippen molar-refractivity contribution >= 4 is 29.9 Å². The first kappa shape index (κ1) is 24.8. The van der Waals surface area contributed by atoms with Crippen LogP contribution in [0.2, 0.25) is 0 Å². The predicted molar refractivity (Wildman–Crippen MR) is 140 cm³/mol. The van der Waals surface area contributed by atoms with Crippen LogP contribution in [0.15, 0.2) is 53.5 Å². The smallest absolute Gasteiger partial charge is 0.191 e. The SMILES string of the molecule is CCNC(=NCC(c1ccccc1)N1CCOCC1)NCCc1ccc2c(c1)CCO2.I. The van der Waals surface area contributed by atoms with E-state index in [4.69, 9.17) is 14.5 Å². The zero-order valence-electron chi connectivity index (χ0n) is 18.9. The Kier molecular flexibility index (Phi) is 10.1. The van der Waals surface area contributed by atoms with Crippen LogP contribution in [-0.4, -0.2) is 63.4 Å². The second kappa shape index (κ2) is 13.0. The Morgan fingerprint density at radius 2 is 1.88 bits per heavy atom. The van der Waals surface area contributed by atoms with Crippen LogP contribution in [0.5, 0.6) is 5.75 Å². The van der Waals surface area contributed by atoms with Gasteiger partial charge in [0.05, 0.1) is 32.4 Å². The average Bonchev–Trinajstić information content (AvgIpc) is 3.29. The van der Waals surface area contributed by atoms with E-state index in [9.17, 15) is 0 Å². The summed E-state index contributed by atoms with van der Waals surface area (Å²) >= 11 is 0. The van der Waals surface area contributed by atoms with E-state index in [1.54, 1.807) is 0 Å². The molecule has 0 radical (unpaired) electrons. The molecule has 1 atom stereocenters. The molecule has 174 valence electrons. The Balaban J connectivity index is 0.00000289. The molecule has 4 rings (SSSR count). The fourth-order valence-electron chi connectivity index (χ4n) is 4.24. The number of hydrogen-bond acceptors (Lipinski definition) is 4. The first-order valence-corrected chi connectivity index (χ1v) is 11.5. The molecule has 6 nitrogen and oxygen atoms in total. The number of morpholine rings is 1. The molecule has 0 aliphatic carbocycles. The standard InChI is InChI=1S/C25H34N4O2.HI/c1-2-26-25(27-12-10-20-8-9-24-22(18-20)11-15-31-24)28-19-23(21-6-4-3-5-7-21)29-13-16-30-17-14-29;/h3-9,18,23H,2,10-17,19H2,1H3,(H2,26,27,28);1H. The molecule has 1 unspecified atom stereocenters. The number of hydrogen-bond donors (Lipinski definition) is 2. The summed E-state index contributed by atoms with van der Waals surface area (Å²) < 4.78 is 11.2. The molecule has 2 heterocycles. The Hall–Kier alpha value is -1.84. The number of benzene rings is 2. The monoisotopic (exact) mass is 550 g/mol. The van der Waals surface area contributed by atoms with Gasteiger partial charge >= 0.3 is 0 Å². The molecule has 2 N–H and O–H groups in total. The fraction of sp³-hybridized carbons (Fsp3) is 0.480. The van der Waals surface area contributed by atoms with Gasteiger partial charge in [-0.1, -0.05) is 42.5 Å². The minimum Gasteiger partial charge on any atom is -0.493 e. The van der Waals surface area contributed by atoms with Gasteiger partial charge in [0.1, 0.15) is 5.75 Å². The average molecular weight is 550 g/mol. The highest BCUT2D eigenvalue weighted by atomic mass is 127. The molecule has 0 aromatic heterocycles. The summed E-state index contributed by atoms with van der Waals surface area (Å²) in [5, 5.41) is 6.91. The molecule has 0 bridgehead atoms. The second-order valence-corrected chi connectivity index (χ2v) is 8.01. The molecule has 2 aliphatic heterocycles. The summed E-state index contributed by atoms with van der Waals surface area (Å²) in [7, 11) is 0. The van der Waals surface area contributed by atoms with Crippen molar-refractivity contribution < 1.29 is 9.47 Å². The van der Waals surface area contributed by atoms with Crippen LogP contribution in [0, 0.1) is 0 Å². The highest BCUT2D eigenvalue weighted by Gasteiger charge is 2.22. The number of guanidine groups is 1. The molecule has 2 aromatic carbocycles. The zero-order valence-corrected chi connectivity index (χ0v) is 21.2. The van der Waals surface area contributed by atoms with Gasteiger partial charge in [0, 0.05) is 32.6 Å². The Labute approximate surface area is 208 Å². The maximum Gasteiger partial charge on any atom is 0.191 e. The fourth-order valence-corrected chi connectivity index (χ4v) is 4.24. The maximum atomic E-state index is 5.61. The number of ether oxygens (including phenoxy) is 2. The van der Waals surface area contributed by atoms with Crippen molar-refractivity contribution in [2.75, 3.05) is 52.5 Å². The Morgan fingerprint density at radius 3 is 2.66 bits per heavy atom. The summed E-state index contributed by atoms with van der Waals surface area (Å²) in [6.45, 7) is 8.79. The number of nitrogens with zero attached hydrogens (tertiary/aromatic N) is 2. The van der Waals surface area contributed by atoms with Gasteiger partial charge < -0.3 is 20.1 Å². The number of nitrogens with one attached hydrogen (secondary N) is 2. The Morgan fingerprint density at radius 1 is 1.06 bits per heavy atom. The lowest BCUT2D eigenvalue weighted by Crippen LogP contribution is -2.42. The highest BCUT2D eigenvalue weighted by molar-refractivity contribution is 14.0. The molecule has 0 amide bonds. The third-order valence-corrected chi connectivity index (χ3v) is 5.90. The summed E-state index contributed by atoms with van der Waals surface area (Å²) in [5.74, 6) is 1.92. The van der Waals surface area contributed by atoms with Crippen molar-refractivity contribution in [2.24, 2.45) is 4.99 Å². The predicted octanol–water partition coefficient (Wildman–Crippen LogP) is 3.41. The Bertz CT molecular complexity index is 856. The van der Waals surface area contributed by atoms with Gasteiger partial charge in [0.2, 0.25) is 0 Å². The van der Waals surface area contributed by atoms with Gasteiger partial charge in [-0.3, -0.25) is 9.89 Å². The van der Waals surface area contributed by atoms with Crippen LogP contribution in [-0.2, 0) is 17.6 Å². The van der Waals surface area contributed by atoms with E-state index in [0.717, 1.165) is 77.1 Å². The summed E-state index contributed by atoms with van der Waals surface area (Å²) in [6, 6.07) is 17.5. The lowest BCUT2D eigenvalue weighted by molar-refractivity contribution is 0.0180. The highest BCUT2D eigenvalue weighted by Crippen LogP contribution is 2.26. The van der Waals surface area contributed by atoms with E-state index in [-0.39, 0.29) is 30.0 Å². The molecule has 7 heteroatoms. The van der Waals surface area contributed by atoms with Crippen molar-refractivity contribution in [3.63, 3.8) is 0 Å². The molecular weight excluding hydrogens is 515 g/mol. The van der Waals surface area contributed by atoms with Gasteiger partial charge in [-0.15, -0.1) is 24.0 Å². The van der Waals surface area contributed by atoms with Crippen molar-refractivity contribution in [1.29, 1.82) is 0 Å².